The van der Waals surface area contributed by atoms with Crippen LogP contribution in [-0.4, -0.2) is 11.9 Å². The standard InChI is InChI=1S/C13H17N3O/c1-3-9(2)16-12(13(15)17)11-6-4-10(8-14)5-7-11/h4-7,9,12,16H,3H2,1-2H3,(H2,15,17). The Morgan fingerprint density at radius 3 is 2.47 bits per heavy atom. The Kier molecular flexibility index (Phi) is 4.68. The highest BCUT2D eigenvalue weighted by Gasteiger charge is 2.18. The molecule has 1 aromatic carbocycles. The van der Waals surface area contributed by atoms with E-state index in [1.165, 1.54) is 0 Å². The fourth-order valence-corrected chi connectivity index (χ4v) is 1.50. The van der Waals surface area contributed by atoms with Gasteiger partial charge < -0.3 is 5.73 Å². The molecule has 4 heteroatoms. The van der Waals surface area contributed by atoms with Crippen LogP contribution in [0.3, 0.4) is 0 Å². The first-order valence-corrected chi connectivity index (χ1v) is 5.64. The number of rotatable bonds is 5. The van der Waals surface area contributed by atoms with Crippen LogP contribution < -0.4 is 11.1 Å². The largest absolute Gasteiger partial charge is 0.368 e. The molecule has 0 aliphatic carbocycles. The molecule has 0 radical (unpaired) electrons. The highest BCUT2D eigenvalue weighted by molar-refractivity contribution is 5.81. The van der Waals surface area contributed by atoms with Crippen LogP contribution in [0, 0.1) is 11.3 Å². The van der Waals surface area contributed by atoms with Gasteiger partial charge in [0.05, 0.1) is 11.6 Å². The van der Waals surface area contributed by atoms with Crippen molar-refractivity contribution in [2.75, 3.05) is 0 Å². The molecule has 0 aliphatic heterocycles. The molecule has 0 saturated carbocycles. The van der Waals surface area contributed by atoms with E-state index in [1.54, 1.807) is 24.3 Å². The van der Waals surface area contributed by atoms with E-state index in [0.717, 1.165) is 12.0 Å². The van der Waals surface area contributed by atoms with Gasteiger partial charge in [0.1, 0.15) is 6.04 Å². The van der Waals surface area contributed by atoms with Gasteiger partial charge >= 0.3 is 0 Å². The predicted octanol–water partition coefficient (Wildman–Crippen LogP) is 1.47. The van der Waals surface area contributed by atoms with E-state index in [9.17, 15) is 4.79 Å². The highest BCUT2D eigenvalue weighted by atomic mass is 16.1. The molecule has 1 aromatic rings. The number of amides is 1. The van der Waals surface area contributed by atoms with E-state index in [0.29, 0.717) is 5.56 Å². The molecule has 4 nitrogen and oxygen atoms in total. The molecule has 0 heterocycles. The molecule has 1 rings (SSSR count). The second-order valence-electron chi connectivity index (χ2n) is 4.05. The zero-order valence-electron chi connectivity index (χ0n) is 10.1. The molecule has 0 spiro atoms. The highest BCUT2D eigenvalue weighted by Crippen LogP contribution is 2.14. The first-order valence-electron chi connectivity index (χ1n) is 5.64. The van der Waals surface area contributed by atoms with Gasteiger partial charge in [0, 0.05) is 6.04 Å². The lowest BCUT2D eigenvalue weighted by atomic mass is 10.0. The van der Waals surface area contributed by atoms with Crippen LogP contribution in [0.4, 0.5) is 0 Å². The molecule has 2 atom stereocenters. The average molecular weight is 231 g/mol. The number of primary amides is 1. The van der Waals surface area contributed by atoms with E-state index in [1.807, 2.05) is 19.9 Å². The summed E-state index contributed by atoms with van der Waals surface area (Å²) < 4.78 is 0. The van der Waals surface area contributed by atoms with Crippen molar-refractivity contribution in [3.05, 3.63) is 35.4 Å². The number of nitriles is 1. The maximum absolute atomic E-state index is 11.4. The van der Waals surface area contributed by atoms with E-state index in [2.05, 4.69) is 5.32 Å². The third kappa shape index (κ3) is 3.58. The van der Waals surface area contributed by atoms with Gasteiger partial charge in [0.15, 0.2) is 0 Å². The molecule has 2 unspecified atom stereocenters. The van der Waals surface area contributed by atoms with Gasteiger partial charge in [0.25, 0.3) is 0 Å². The molecule has 17 heavy (non-hydrogen) atoms. The van der Waals surface area contributed by atoms with Crippen LogP contribution in [0.1, 0.15) is 37.4 Å². The zero-order chi connectivity index (χ0) is 12.8. The van der Waals surface area contributed by atoms with Gasteiger partial charge in [-0.1, -0.05) is 19.1 Å². The van der Waals surface area contributed by atoms with Crippen LogP contribution in [-0.2, 0) is 4.79 Å². The lowest BCUT2D eigenvalue weighted by Crippen LogP contribution is -2.38. The third-order valence-electron chi connectivity index (χ3n) is 2.72. The van der Waals surface area contributed by atoms with Crippen molar-refractivity contribution >= 4 is 5.91 Å². The first kappa shape index (κ1) is 13.2. The number of benzene rings is 1. The quantitative estimate of drug-likeness (QED) is 0.805. The number of carbonyl (C=O) groups is 1. The molecule has 3 N–H and O–H groups in total. The molecule has 1 amide bonds. The van der Waals surface area contributed by atoms with Gasteiger partial charge in [-0.15, -0.1) is 0 Å². The summed E-state index contributed by atoms with van der Waals surface area (Å²) in [5.74, 6) is -0.407. The summed E-state index contributed by atoms with van der Waals surface area (Å²) in [6, 6.07) is 8.62. The molecule has 90 valence electrons. The van der Waals surface area contributed by atoms with E-state index >= 15 is 0 Å². The van der Waals surface area contributed by atoms with Crippen molar-refractivity contribution in [1.29, 1.82) is 5.26 Å². The normalized spacial score (nSPS) is 13.7. The summed E-state index contributed by atoms with van der Waals surface area (Å²) in [7, 11) is 0. The Hall–Kier alpha value is -1.86. The molecule has 0 saturated heterocycles. The molecule has 0 bridgehead atoms. The number of carbonyl (C=O) groups excluding carboxylic acids is 1. The van der Waals surface area contributed by atoms with Crippen molar-refractivity contribution in [2.24, 2.45) is 5.73 Å². The van der Waals surface area contributed by atoms with Crippen molar-refractivity contribution in [3.63, 3.8) is 0 Å². The van der Waals surface area contributed by atoms with Crippen LogP contribution in [0.25, 0.3) is 0 Å². The minimum atomic E-state index is -0.502. The summed E-state index contributed by atoms with van der Waals surface area (Å²) in [4.78, 5) is 11.4. The fourth-order valence-electron chi connectivity index (χ4n) is 1.50. The van der Waals surface area contributed by atoms with Crippen molar-refractivity contribution < 1.29 is 4.79 Å². The summed E-state index contributed by atoms with van der Waals surface area (Å²) in [6.45, 7) is 4.04. The molecule has 0 fully saturated rings. The summed E-state index contributed by atoms with van der Waals surface area (Å²) in [5.41, 5.74) is 6.73. The average Bonchev–Trinajstić information content (AvgIpc) is 2.35. The minimum Gasteiger partial charge on any atom is -0.368 e. The van der Waals surface area contributed by atoms with Crippen LogP contribution >= 0.6 is 0 Å². The fraction of sp³-hybridized carbons (Fsp3) is 0.385. The van der Waals surface area contributed by atoms with Gasteiger partial charge in [-0.3, -0.25) is 10.1 Å². The molecule has 0 aromatic heterocycles. The molecule has 0 aliphatic rings. The SMILES string of the molecule is CCC(C)NC(C(N)=O)c1ccc(C#N)cc1. The van der Waals surface area contributed by atoms with Gasteiger partial charge in [-0.25, -0.2) is 0 Å². The maximum atomic E-state index is 11.4. The second-order valence-corrected chi connectivity index (χ2v) is 4.05. The Balaban J connectivity index is 2.90. The van der Waals surface area contributed by atoms with E-state index in [-0.39, 0.29) is 6.04 Å². The second kappa shape index (κ2) is 6.02. The Labute approximate surface area is 101 Å². The molecular weight excluding hydrogens is 214 g/mol. The Morgan fingerprint density at radius 2 is 2.06 bits per heavy atom. The van der Waals surface area contributed by atoms with Crippen molar-refractivity contribution in [1.82, 2.24) is 5.32 Å². The van der Waals surface area contributed by atoms with Crippen LogP contribution in [0.15, 0.2) is 24.3 Å². The van der Waals surface area contributed by atoms with E-state index in [4.69, 9.17) is 11.0 Å². The summed E-state index contributed by atoms with van der Waals surface area (Å²) in [5, 5.41) is 11.9. The monoisotopic (exact) mass is 231 g/mol. The van der Waals surface area contributed by atoms with Crippen LogP contribution in [0.2, 0.25) is 0 Å². The van der Waals surface area contributed by atoms with Crippen molar-refractivity contribution in [3.8, 4) is 6.07 Å². The summed E-state index contributed by atoms with van der Waals surface area (Å²) >= 11 is 0. The van der Waals surface area contributed by atoms with Gasteiger partial charge in [-0.05, 0) is 31.0 Å². The molecular formula is C13H17N3O. The maximum Gasteiger partial charge on any atom is 0.239 e. The lowest BCUT2D eigenvalue weighted by Gasteiger charge is -2.20. The summed E-state index contributed by atoms with van der Waals surface area (Å²) in [6.07, 6.45) is 0.917. The predicted molar refractivity (Wildman–Crippen MR) is 66.0 cm³/mol. The number of hydrogen-bond acceptors (Lipinski definition) is 3. The van der Waals surface area contributed by atoms with Gasteiger partial charge in [-0.2, -0.15) is 5.26 Å². The number of nitrogens with one attached hydrogen (secondary N) is 1. The number of nitrogens with two attached hydrogens (primary N) is 1. The first-order chi connectivity index (χ1) is 8.08. The Morgan fingerprint density at radius 1 is 1.47 bits per heavy atom. The Bertz CT molecular complexity index is 419. The third-order valence-corrected chi connectivity index (χ3v) is 2.72. The van der Waals surface area contributed by atoms with Crippen LogP contribution in [0.5, 0.6) is 0 Å². The topological polar surface area (TPSA) is 78.9 Å². The van der Waals surface area contributed by atoms with Crippen molar-refractivity contribution in [2.45, 2.75) is 32.4 Å². The number of nitrogens with zero attached hydrogens (tertiary/aromatic N) is 1. The smallest absolute Gasteiger partial charge is 0.239 e. The van der Waals surface area contributed by atoms with Gasteiger partial charge in [0.2, 0.25) is 5.91 Å². The lowest BCUT2D eigenvalue weighted by molar-refractivity contribution is -0.120. The minimum absolute atomic E-state index is 0.211. The number of hydrogen-bond donors (Lipinski definition) is 2. The van der Waals surface area contributed by atoms with E-state index < -0.39 is 11.9 Å². The zero-order valence-corrected chi connectivity index (χ0v) is 10.1.